The molecule has 3 rings (SSSR count). The largest absolute Gasteiger partial charge is 0.121 e. The summed E-state index contributed by atoms with van der Waals surface area (Å²) in [6.07, 6.45) is 3.88. The molecule has 2 aromatic rings. The van der Waals surface area contributed by atoms with E-state index in [4.69, 9.17) is 0 Å². The third kappa shape index (κ3) is 2.81. The summed E-state index contributed by atoms with van der Waals surface area (Å²) in [5.41, 5.74) is 4.58. The van der Waals surface area contributed by atoms with Gasteiger partial charge in [0.15, 0.2) is 0 Å². The van der Waals surface area contributed by atoms with Gasteiger partial charge >= 0.3 is 0 Å². The highest BCUT2D eigenvalue weighted by atomic mass is 79.9. The molecule has 0 heterocycles. The third-order valence-corrected chi connectivity index (χ3v) is 4.99. The van der Waals surface area contributed by atoms with Crippen LogP contribution in [-0.4, -0.2) is 0 Å². The lowest BCUT2D eigenvalue weighted by Gasteiger charge is -2.05. The molecule has 0 nitrogen and oxygen atoms in total. The quantitative estimate of drug-likeness (QED) is 0.698. The number of rotatable bonds is 3. The van der Waals surface area contributed by atoms with E-state index in [-0.39, 0.29) is 0 Å². The predicted octanol–water partition coefficient (Wildman–Crippen LogP) is 5.23. The average Bonchev–Trinajstić information content (AvgIpc) is 2.85. The molecule has 0 fully saturated rings. The first-order valence-electron chi connectivity index (χ1n) is 6.30. The highest BCUT2D eigenvalue weighted by molar-refractivity contribution is 9.10. The first kappa shape index (κ1) is 12.3. The number of aryl methyl sites for hydroxylation is 2. The topological polar surface area (TPSA) is 0 Å². The highest BCUT2D eigenvalue weighted by Gasteiger charge is 2.10. The normalized spacial score (nSPS) is 13.6. The second-order valence-electron chi connectivity index (χ2n) is 4.70. The fourth-order valence-corrected chi connectivity index (χ4v) is 3.52. The Kier molecular flexibility index (Phi) is 3.76. The third-order valence-electron chi connectivity index (χ3n) is 3.38. The number of thioether (sulfide) groups is 1. The van der Waals surface area contributed by atoms with Crippen LogP contribution in [0.25, 0.3) is 0 Å². The van der Waals surface area contributed by atoms with Crippen molar-refractivity contribution >= 4 is 27.7 Å². The van der Waals surface area contributed by atoms with Gasteiger partial charge in [-0.05, 0) is 60.2 Å². The molecule has 1 aliphatic carbocycles. The van der Waals surface area contributed by atoms with Crippen LogP contribution in [-0.2, 0) is 18.6 Å². The summed E-state index contributed by atoms with van der Waals surface area (Å²) in [7, 11) is 0. The van der Waals surface area contributed by atoms with Crippen LogP contribution in [0.2, 0.25) is 0 Å². The van der Waals surface area contributed by atoms with Crippen LogP contribution in [0.1, 0.15) is 23.1 Å². The zero-order valence-corrected chi connectivity index (χ0v) is 12.6. The molecule has 0 saturated carbocycles. The van der Waals surface area contributed by atoms with Crippen molar-refractivity contribution in [2.24, 2.45) is 0 Å². The summed E-state index contributed by atoms with van der Waals surface area (Å²) in [6.45, 7) is 0. The molecule has 0 N–H and O–H groups in total. The Bertz CT molecular complexity index is 546. The molecular formula is C16H15BrS. The molecular weight excluding hydrogens is 304 g/mol. The Labute approximate surface area is 121 Å². The minimum atomic E-state index is 1.06. The maximum absolute atomic E-state index is 3.47. The van der Waals surface area contributed by atoms with Gasteiger partial charge < -0.3 is 0 Å². The molecule has 2 heteroatoms. The zero-order chi connectivity index (χ0) is 12.4. The van der Waals surface area contributed by atoms with Crippen molar-refractivity contribution in [3.8, 4) is 0 Å². The zero-order valence-electron chi connectivity index (χ0n) is 10.2. The van der Waals surface area contributed by atoms with Crippen LogP contribution in [0.5, 0.6) is 0 Å². The Balaban J connectivity index is 1.68. The number of benzene rings is 2. The van der Waals surface area contributed by atoms with E-state index in [1.165, 1.54) is 29.7 Å². The lowest BCUT2D eigenvalue weighted by molar-refractivity contribution is 0.911. The van der Waals surface area contributed by atoms with E-state index in [9.17, 15) is 0 Å². The number of fused-ring (bicyclic) bond motifs is 1. The van der Waals surface area contributed by atoms with E-state index < -0.39 is 0 Å². The first-order chi connectivity index (χ1) is 8.81. The van der Waals surface area contributed by atoms with Crippen LogP contribution in [0, 0.1) is 0 Å². The Morgan fingerprint density at radius 3 is 2.56 bits per heavy atom. The molecule has 0 unspecified atom stereocenters. The van der Waals surface area contributed by atoms with Crippen molar-refractivity contribution in [2.75, 3.05) is 0 Å². The molecule has 0 aliphatic heterocycles. The molecule has 0 bridgehead atoms. The van der Waals surface area contributed by atoms with Crippen molar-refractivity contribution in [2.45, 2.75) is 29.9 Å². The van der Waals surface area contributed by atoms with E-state index in [1.54, 1.807) is 11.1 Å². The molecule has 0 radical (unpaired) electrons. The Morgan fingerprint density at radius 1 is 0.944 bits per heavy atom. The van der Waals surface area contributed by atoms with Gasteiger partial charge in [-0.2, -0.15) is 0 Å². The van der Waals surface area contributed by atoms with Crippen molar-refractivity contribution in [3.05, 3.63) is 63.6 Å². The monoisotopic (exact) mass is 318 g/mol. The summed E-state index contributed by atoms with van der Waals surface area (Å²) in [5.74, 6) is 1.06. The summed E-state index contributed by atoms with van der Waals surface area (Å²) >= 11 is 5.37. The van der Waals surface area contributed by atoms with Crippen LogP contribution >= 0.6 is 27.7 Å². The van der Waals surface area contributed by atoms with E-state index in [0.717, 1.165) is 10.2 Å². The summed E-state index contributed by atoms with van der Waals surface area (Å²) in [4.78, 5) is 1.33. The fraction of sp³-hybridized carbons (Fsp3) is 0.250. The van der Waals surface area contributed by atoms with Crippen LogP contribution in [0.15, 0.2) is 51.8 Å². The van der Waals surface area contributed by atoms with E-state index in [1.807, 2.05) is 11.8 Å². The van der Waals surface area contributed by atoms with Crippen molar-refractivity contribution in [1.82, 2.24) is 0 Å². The van der Waals surface area contributed by atoms with Gasteiger partial charge in [0.2, 0.25) is 0 Å². The Morgan fingerprint density at radius 2 is 1.72 bits per heavy atom. The molecule has 0 spiro atoms. The van der Waals surface area contributed by atoms with Gasteiger partial charge in [0.25, 0.3) is 0 Å². The molecule has 0 aromatic heterocycles. The summed E-state index contributed by atoms with van der Waals surface area (Å²) < 4.78 is 1.14. The van der Waals surface area contributed by atoms with Crippen molar-refractivity contribution in [3.63, 3.8) is 0 Å². The fourth-order valence-electron chi connectivity index (χ4n) is 2.41. The van der Waals surface area contributed by atoms with Crippen LogP contribution in [0.3, 0.4) is 0 Å². The number of hydrogen-bond acceptors (Lipinski definition) is 1. The minimum absolute atomic E-state index is 1.06. The van der Waals surface area contributed by atoms with Gasteiger partial charge in [0, 0.05) is 15.1 Å². The van der Waals surface area contributed by atoms with E-state index in [0.29, 0.717) is 0 Å². The van der Waals surface area contributed by atoms with Gasteiger partial charge in [0.1, 0.15) is 0 Å². The molecule has 1 aliphatic rings. The number of halogens is 1. The molecule has 92 valence electrons. The molecule has 2 aromatic carbocycles. The van der Waals surface area contributed by atoms with Gasteiger partial charge in [-0.25, -0.2) is 0 Å². The second kappa shape index (κ2) is 5.50. The van der Waals surface area contributed by atoms with Crippen molar-refractivity contribution in [1.29, 1.82) is 0 Å². The average molecular weight is 319 g/mol. The smallest absolute Gasteiger partial charge is 0.0232 e. The number of hydrogen-bond donors (Lipinski definition) is 0. The van der Waals surface area contributed by atoms with Crippen molar-refractivity contribution < 1.29 is 0 Å². The Hall–Kier alpha value is -0.730. The standard InChI is InChI=1S/C16H15BrS/c17-15-6-8-16(9-7-15)18-11-12-4-5-13-2-1-3-14(13)10-12/h4-10H,1-3,11H2. The van der Waals surface area contributed by atoms with Gasteiger partial charge in [-0.3, -0.25) is 0 Å². The lowest BCUT2D eigenvalue weighted by Crippen LogP contribution is -1.86. The highest BCUT2D eigenvalue weighted by Crippen LogP contribution is 2.28. The molecule has 0 saturated heterocycles. The van der Waals surface area contributed by atoms with E-state index >= 15 is 0 Å². The first-order valence-corrected chi connectivity index (χ1v) is 8.08. The molecule has 0 amide bonds. The van der Waals surface area contributed by atoms with Gasteiger partial charge in [-0.15, -0.1) is 11.8 Å². The second-order valence-corrected chi connectivity index (χ2v) is 6.66. The molecule has 0 atom stereocenters. The summed E-state index contributed by atoms with van der Waals surface area (Å²) in [5, 5.41) is 0. The SMILES string of the molecule is Brc1ccc(SCc2ccc3c(c2)CCC3)cc1. The molecule has 18 heavy (non-hydrogen) atoms. The predicted molar refractivity (Wildman–Crippen MR) is 82.2 cm³/mol. The lowest BCUT2D eigenvalue weighted by atomic mass is 10.1. The maximum atomic E-state index is 3.47. The van der Waals surface area contributed by atoms with Gasteiger partial charge in [0.05, 0.1) is 0 Å². The minimum Gasteiger partial charge on any atom is -0.121 e. The van der Waals surface area contributed by atoms with E-state index in [2.05, 4.69) is 58.4 Å². The van der Waals surface area contributed by atoms with Gasteiger partial charge in [-0.1, -0.05) is 34.1 Å². The van der Waals surface area contributed by atoms with Crippen LogP contribution in [0.4, 0.5) is 0 Å². The maximum Gasteiger partial charge on any atom is 0.0232 e. The van der Waals surface area contributed by atoms with Crippen LogP contribution < -0.4 is 0 Å². The summed E-state index contributed by atoms with van der Waals surface area (Å²) in [6, 6.07) is 15.5.